The summed E-state index contributed by atoms with van der Waals surface area (Å²) in [6, 6.07) is 12.2. The van der Waals surface area contributed by atoms with E-state index in [-0.39, 0.29) is 11.9 Å². The lowest BCUT2D eigenvalue weighted by Gasteiger charge is -2.34. The monoisotopic (exact) mass is 380 g/mol. The largest absolute Gasteiger partial charge is 0.378 e. The van der Waals surface area contributed by atoms with Crippen molar-refractivity contribution < 1.29 is 9.53 Å². The lowest BCUT2D eigenvalue weighted by atomic mass is 10.0. The minimum Gasteiger partial charge on any atom is -0.378 e. The SMILES string of the molecule is O=C(NC1CCCN(Cc2cccnc2)C1)c1ccccc1N1CCOCC1. The van der Waals surface area contributed by atoms with Gasteiger partial charge in [-0.3, -0.25) is 14.7 Å². The van der Waals surface area contributed by atoms with E-state index in [1.165, 1.54) is 5.56 Å². The van der Waals surface area contributed by atoms with Gasteiger partial charge in [-0.15, -0.1) is 0 Å². The van der Waals surface area contributed by atoms with Crippen molar-refractivity contribution in [1.29, 1.82) is 0 Å². The van der Waals surface area contributed by atoms with Crippen LogP contribution in [0.5, 0.6) is 0 Å². The molecule has 1 aromatic carbocycles. The van der Waals surface area contributed by atoms with E-state index in [2.05, 4.69) is 26.2 Å². The highest BCUT2D eigenvalue weighted by Gasteiger charge is 2.24. The number of piperidine rings is 1. The molecule has 1 amide bonds. The minimum absolute atomic E-state index is 0.0234. The van der Waals surface area contributed by atoms with Crippen LogP contribution in [-0.2, 0) is 11.3 Å². The Morgan fingerprint density at radius 2 is 2.00 bits per heavy atom. The number of hydrogen-bond donors (Lipinski definition) is 1. The van der Waals surface area contributed by atoms with Crippen molar-refractivity contribution in [2.45, 2.75) is 25.4 Å². The third-order valence-electron chi connectivity index (χ3n) is 5.47. The molecule has 2 fully saturated rings. The molecule has 1 N–H and O–H groups in total. The van der Waals surface area contributed by atoms with Gasteiger partial charge in [0.1, 0.15) is 0 Å². The van der Waals surface area contributed by atoms with Crippen molar-refractivity contribution in [1.82, 2.24) is 15.2 Å². The Morgan fingerprint density at radius 1 is 1.14 bits per heavy atom. The van der Waals surface area contributed by atoms with E-state index in [0.29, 0.717) is 13.2 Å². The fourth-order valence-electron chi connectivity index (χ4n) is 4.08. The number of nitrogens with zero attached hydrogens (tertiary/aromatic N) is 3. The van der Waals surface area contributed by atoms with Crippen molar-refractivity contribution in [3.8, 4) is 0 Å². The second-order valence-electron chi connectivity index (χ2n) is 7.53. The van der Waals surface area contributed by atoms with Gasteiger partial charge in [0, 0.05) is 50.3 Å². The number of ether oxygens (including phenoxy) is 1. The Kier molecular flexibility index (Phi) is 6.19. The van der Waals surface area contributed by atoms with Crippen LogP contribution < -0.4 is 10.2 Å². The maximum Gasteiger partial charge on any atom is 0.253 e. The standard InChI is InChI=1S/C22H28N4O2/c27-22(20-7-1-2-8-21(20)26-11-13-28-14-12-26)24-19-6-4-10-25(17-19)16-18-5-3-9-23-15-18/h1-3,5,7-9,15,19H,4,6,10-14,16-17H2,(H,24,27). The summed E-state index contributed by atoms with van der Waals surface area (Å²) < 4.78 is 5.45. The van der Waals surface area contributed by atoms with Crippen molar-refractivity contribution in [2.75, 3.05) is 44.3 Å². The first-order chi connectivity index (χ1) is 13.8. The Morgan fingerprint density at radius 3 is 2.82 bits per heavy atom. The van der Waals surface area contributed by atoms with Crippen molar-refractivity contribution in [2.24, 2.45) is 0 Å². The highest BCUT2D eigenvalue weighted by Crippen LogP contribution is 2.22. The molecule has 4 rings (SSSR count). The number of aromatic nitrogens is 1. The maximum absolute atomic E-state index is 13.0. The molecule has 2 aliphatic rings. The number of morpholine rings is 1. The molecule has 0 spiro atoms. The third kappa shape index (κ3) is 4.69. The summed E-state index contributed by atoms with van der Waals surface area (Å²) in [6.45, 7) is 5.89. The van der Waals surface area contributed by atoms with E-state index in [1.54, 1.807) is 6.20 Å². The summed E-state index contributed by atoms with van der Waals surface area (Å²) in [7, 11) is 0. The van der Waals surface area contributed by atoms with Crippen LogP contribution in [-0.4, -0.2) is 61.2 Å². The maximum atomic E-state index is 13.0. The normalized spacial score (nSPS) is 20.7. The number of para-hydroxylation sites is 1. The Labute approximate surface area is 166 Å². The predicted octanol–water partition coefficient (Wildman–Crippen LogP) is 2.31. The Hall–Kier alpha value is -2.44. The summed E-state index contributed by atoms with van der Waals surface area (Å²) >= 11 is 0. The molecule has 0 radical (unpaired) electrons. The molecular weight excluding hydrogens is 352 g/mol. The van der Waals surface area contributed by atoms with E-state index < -0.39 is 0 Å². The molecule has 0 bridgehead atoms. The summed E-state index contributed by atoms with van der Waals surface area (Å²) in [5.74, 6) is 0.0234. The average Bonchev–Trinajstić information content (AvgIpc) is 2.75. The molecule has 1 aromatic heterocycles. The zero-order valence-electron chi connectivity index (χ0n) is 16.2. The van der Waals surface area contributed by atoms with Crippen LogP contribution in [0.15, 0.2) is 48.8 Å². The summed E-state index contributed by atoms with van der Waals surface area (Å²) in [6.07, 6.45) is 5.83. The van der Waals surface area contributed by atoms with E-state index in [4.69, 9.17) is 4.74 Å². The molecule has 2 aromatic rings. The highest BCUT2D eigenvalue weighted by atomic mass is 16.5. The molecule has 2 aliphatic heterocycles. The molecular formula is C22H28N4O2. The lowest BCUT2D eigenvalue weighted by Crippen LogP contribution is -2.47. The van der Waals surface area contributed by atoms with Gasteiger partial charge >= 0.3 is 0 Å². The fourth-order valence-corrected chi connectivity index (χ4v) is 4.08. The van der Waals surface area contributed by atoms with Gasteiger partial charge in [0.15, 0.2) is 0 Å². The minimum atomic E-state index is 0.0234. The van der Waals surface area contributed by atoms with Gasteiger partial charge in [-0.1, -0.05) is 18.2 Å². The number of carbonyl (C=O) groups is 1. The summed E-state index contributed by atoms with van der Waals surface area (Å²) in [5.41, 5.74) is 2.98. The summed E-state index contributed by atoms with van der Waals surface area (Å²) in [5, 5.41) is 3.28. The van der Waals surface area contributed by atoms with Crippen molar-refractivity contribution in [3.05, 3.63) is 59.9 Å². The molecule has 3 heterocycles. The zero-order chi connectivity index (χ0) is 19.2. The number of carbonyl (C=O) groups excluding carboxylic acids is 1. The van der Waals surface area contributed by atoms with E-state index in [1.807, 2.05) is 36.5 Å². The van der Waals surface area contributed by atoms with Crippen LogP contribution in [0.25, 0.3) is 0 Å². The predicted molar refractivity (Wildman–Crippen MR) is 109 cm³/mol. The molecule has 0 saturated carbocycles. The van der Waals surface area contributed by atoms with Crippen molar-refractivity contribution >= 4 is 11.6 Å². The zero-order valence-corrected chi connectivity index (χ0v) is 16.2. The average molecular weight is 380 g/mol. The molecule has 1 atom stereocenters. The van der Waals surface area contributed by atoms with E-state index in [9.17, 15) is 4.79 Å². The van der Waals surface area contributed by atoms with Gasteiger partial charge in [0.05, 0.1) is 18.8 Å². The molecule has 28 heavy (non-hydrogen) atoms. The number of amides is 1. The number of anilines is 1. The van der Waals surface area contributed by atoms with Gasteiger partial charge in [0.25, 0.3) is 5.91 Å². The first-order valence-corrected chi connectivity index (χ1v) is 10.1. The van der Waals surface area contributed by atoms with Crippen LogP contribution in [0, 0.1) is 0 Å². The quantitative estimate of drug-likeness (QED) is 0.863. The molecule has 6 nitrogen and oxygen atoms in total. The molecule has 2 saturated heterocycles. The topological polar surface area (TPSA) is 57.7 Å². The van der Waals surface area contributed by atoms with Gasteiger partial charge in [0.2, 0.25) is 0 Å². The van der Waals surface area contributed by atoms with E-state index >= 15 is 0 Å². The molecule has 1 unspecified atom stereocenters. The molecule has 6 heteroatoms. The van der Waals surface area contributed by atoms with Crippen LogP contribution in [0.3, 0.4) is 0 Å². The summed E-state index contributed by atoms with van der Waals surface area (Å²) in [4.78, 5) is 21.9. The van der Waals surface area contributed by atoms with Crippen LogP contribution >= 0.6 is 0 Å². The second kappa shape index (κ2) is 9.17. The number of rotatable bonds is 5. The van der Waals surface area contributed by atoms with Crippen LogP contribution in [0.4, 0.5) is 5.69 Å². The number of likely N-dealkylation sites (tertiary alicyclic amines) is 1. The molecule has 0 aliphatic carbocycles. The van der Waals surface area contributed by atoms with Crippen molar-refractivity contribution in [3.63, 3.8) is 0 Å². The van der Waals surface area contributed by atoms with Crippen LogP contribution in [0.2, 0.25) is 0 Å². The number of nitrogens with one attached hydrogen (secondary N) is 1. The first-order valence-electron chi connectivity index (χ1n) is 10.1. The Bertz CT molecular complexity index is 777. The van der Waals surface area contributed by atoms with Crippen LogP contribution in [0.1, 0.15) is 28.8 Å². The Balaban J connectivity index is 1.39. The number of benzene rings is 1. The smallest absolute Gasteiger partial charge is 0.253 e. The second-order valence-corrected chi connectivity index (χ2v) is 7.53. The van der Waals surface area contributed by atoms with Gasteiger partial charge in [-0.05, 0) is 43.1 Å². The van der Waals surface area contributed by atoms with Gasteiger partial charge in [-0.2, -0.15) is 0 Å². The lowest BCUT2D eigenvalue weighted by molar-refractivity contribution is 0.0899. The van der Waals surface area contributed by atoms with Gasteiger partial charge in [-0.25, -0.2) is 0 Å². The fraction of sp³-hybridized carbons (Fsp3) is 0.455. The first kappa shape index (κ1) is 18.9. The number of pyridine rings is 1. The number of hydrogen-bond acceptors (Lipinski definition) is 5. The third-order valence-corrected chi connectivity index (χ3v) is 5.47. The highest BCUT2D eigenvalue weighted by molar-refractivity contribution is 6.00. The van der Waals surface area contributed by atoms with E-state index in [0.717, 1.165) is 56.8 Å². The van der Waals surface area contributed by atoms with Gasteiger partial charge < -0.3 is 15.0 Å². The molecule has 148 valence electrons.